The van der Waals surface area contributed by atoms with E-state index in [1.54, 1.807) is 28.4 Å². The summed E-state index contributed by atoms with van der Waals surface area (Å²) in [7, 11) is 8.68. The summed E-state index contributed by atoms with van der Waals surface area (Å²) in [6, 6.07) is 10.6. The summed E-state index contributed by atoms with van der Waals surface area (Å²) in [4.78, 5) is 0. The SMILES string of the molecule is CN[C@@H]1c2cc(OC)c(OC)cc2CC[C@@H]1c1ccc(OC)c(OC)c1.Cl. The third-order valence-electron chi connectivity index (χ3n) is 5.25. The molecule has 0 aromatic heterocycles. The number of hydrogen-bond donors (Lipinski definition) is 1. The Balaban J connectivity index is 0.00000261. The normalized spacial score (nSPS) is 18.1. The first-order valence-corrected chi connectivity index (χ1v) is 8.80. The summed E-state index contributed by atoms with van der Waals surface area (Å²) in [5, 5.41) is 3.50. The van der Waals surface area contributed by atoms with Gasteiger partial charge in [0.05, 0.1) is 28.4 Å². The number of ether oxygens (including phenoxy) is 4. The molecule has 6 heteroatoms. The van der Waals surface area contributed by atoms with Crippen molar-refractivity contribution in [1.82, 2.24) is 5.32 Å². The third kappa shape index (κ3) is 3.94. The molecule has 0 saturated heterocycles. The molecular weight excluding hydrogens is 366 g/mol. The van der Waals surface area contributed by atoms with Crippen molar-refractivity contribution in [2.24, 2.45) is 0 Å². The van der Waals surface area contributed by atoms with Gasteiger partial charge in [0.25, 0.3) is 0 Å². The van der Waals surface area contributed by atoms with Crippen LogP contribution in [0.3, 0.4) is 0 Å². The lowest BCUT2D eigenvalue weighted by Crippen LogP contribution is -2.29. The number of nitrogens with one attached hydrogen (secondary N) is 1. The molecule has 0 aliphatic heterocycles. The highest BCUT2D eigenvalue weighted by atomic mass is 35.5. The van der Waals surface area contributed by atoms with E-state index >= 15 is 0 Å². The van der Waals surface area contributed by atoms with Gasteiger partial charge in [-0.3, -0.25) is 0 Å². The zero-order chi connectivity index (χ0) is 18.7. The number of fused-ring (bicyclic) bond motifs is 1. The van der Waals surface area contributed by atoms with Crippen molar-refractivity contribution in [2.75, 3.05) is 35.5 Å². The van der Waals surface area contributed by atoms with Gasteiger partial charge in [-0.15, -0.1) is 12.4 Å². The monoisotopic (exact) mass is 393 g/mol. The van der Waals surface area contributed by atoms with Gasteiger partial charge in [-0.2, -0.15) is 0 Å². The summed E-state index contributed by atoms with van der Waals surface area (Å²) >= 11 is 0. The molecule has 2 atom stereocenters. The molecule has 1 N–H and O–H groups in total. The molecule has 2 aromatic carbocycles. The number of halogens is 1. The van der Waals surface area contributed by atoms with Gasteiger partial charge in [0.2, 0.25) is 0 Å². The predicted octanol–water partition coefficient (Wildman–Crippen LogP) is 4.13. The fourth-order valence-electron chi connectivity index (χ4n) is 3.94. The molecule has 27 heavy (non-hydrogen) atoms. The summed E-state index contributed by atoms with van der Waals surface area (Å²) < 4.78 is 21.8. The molecule has 3 rings (SSSR count). The summed E-state index contributed by atoms with van der Waals surface area (Å²) in [6.07, 6.45) is 2.04. The minimum atomic E-state index is 0. The number of methoxy groups -OCH3 is 4. The van der Waals surface area contributed by atoms with Crippen LogP contribution in [0.5, 0.6) is 23.0 Å². The molecule has 0 spiro atoms. The highest BCUT2D eigenvalue weighted by Gasteiger charge is 2.31. The van der Waals surface area contributed by atoms with Crippen LogP contribution in [-0.4, -0.2) is 35.5 Å². The second-order valence-corrected chi connectivity index (χ2v) is 6.43. The molecule has 0 heterocycles. The van der Waals surface area contributed by atoms with Crippen molar-refractivity contribution in [3.8, 4) is 23.0 Å². The second kappa shape index (κ2) is 9.20. The first-order valence-electron chi connectivity index (χ1n) is 8.80. The highest BCUT2D eigenvalue weighted by Crippen LogP contribution is 2.45. The van der Waals surface area contributed by atoms with E-state index in [0.717, 1.165) is 35.8 Å². The van der Waals surface area contributed by atoms with Crippen molar-refractivity contribution >= 4 is 12.4 Å². The van der Waals surface area contributed by atoms with Crippen molar-refractivity contribution in [1.29, 1.82) is 0 Å². The molecule has 1 aliphatic rings. The van der Waals surface area contributed by atoms with E-state index in [-0.39, 0.29) is 18.4 Å². The molecule has 0 saturated carbocycles. The van der Waals surface area contributed by atoms with Crippen LogP contribution < -0.4 is 24.3 Å². The quantitative estimate of drug-likeness (QED) is 0.799. The molecule has 148 valence electrons. The van der Waals surface area contributed by atoms with Gasteiger partial charge in [-0.25, -0.2) is 0 Å². The Bertz CT molecular complexity index is 781. The lowest BCUT2D eigenvalue weighted by Gasteiger charge is -2.34. The molecule has 5 nitrogen and oxygen atoms in total. The molecule has 0 amide bonds. The molecule has 0 radical (unpaired) electrons. The third-order valence-corrected chi connectivity index (χ3v) is 5.25. The maximum atomic E-state index is 5.51. The standard InChI is InChI=1S/C21H27NO4.ClH/c1-22-21-15(13-7-9-17(23-2)18(10-13)24-3)8-6-14-11-19(25-4)20(26-5)12-16(14)21;/h7,9-12,15,21-22H,6,8H2,1-5H3;1H/t15-,21+;/m1./s1. The average Bonchev–Trinajstić information content (AvgIpc) is 2.70. The van der Waals surface area contributed by atoms with E-state index in [1.807, 2.05) is 13.1 Å². The van der Waals surface area contributed by atoms with E-state index in [4.69, 9.17) is 18.9 Å². The maximum Gasteiger partial charge on any atom is 0.161 e. The van der Waals surface area contributed by atoms with Crippen LogP contribution in [0.2, 0.25) is 0 Å². The summed E-state index contributed by atoms with van der Waals surface area (Å²) in [5.74, 6) is 3.40. The largest absolute Gasteiger partial charge is 0.493 e. The Morgan fingerprint density at radius 2 is 1.41 bits per heavy atom. The predicted molar refractivity (Wildman–Crippen MR) is 109 cm³/mol. The number of rotatable bonds is 6. The Morgan fingerprint density at radius 1 is 0.815 bits per heavy atom. The summed E-state index contributed by atoms with van der Waals surface area (Å²) in [6.45, 7) is 0. The van der Waals surface area contributed by atoms with Crippen LogP contribution in [-0.2, 0) is 6.42 Å². The van der Waals surface area contributed by atoms with Crippen molar-refractivity contribution < 1.29 is 18.9 Å². The molecule has 2 aromatic rings. The number of likely N-dealkylation sites (N-methyl/N-ethyl adjacent to an activating group) is 1. The fraction of sp³-hybridized carbons (Fsp3) is 0.429. The Morgan fingerprint density at radius 3 is 2.00 bits per heavy atom. The summed E-state index contributed by atoms with van der Waals surface area (Å²) in [5.41, 5.74) is 3.80. The van der Waals surface area contributed by atoms with Gasteiger partial charge in [-0.1, -0.05) is 6.07 Å². The molecular formula is C21H28ClNO4. The van der Waals surface area contributed by atoms with Crippen LogP contribution in [0.1, 0.15) is 35.1 Å². The minimum Gasteiger partial charge on any atom is -0.493 e. The van der Waals surface area contributed by atoms with Crippen LogP contribution in [0.15, 0.2) is 30.3 Å². The first kappa shape index (κ1) is 21.2. The van der Waals surface area contributed by atoms with Crippen LogP contribution in [0, 0.1) is 0 Å². The van der Waals surface area contributed by atoms with E-state index < -0.39 is 0 Å². The van der Waals surface area contributed by atoms with E-state index in [1.165, 1.54) is 16.7 Å². The van der Waals surface area contributed by atoms with Crippen molar-refractivity contribution in [2.45, 2.75) is 24.8 Å². The van der Waals surface area contributed by atoms with Crippen LogP contribution in [0.25, 0.3) is 0 Å². The van der Waals surface area contributed by atoms with Gasteiger partial charge in [-0.05, 0) is 60.8 Å². The van der Waals surface area contributed by atoms with E-state index in [0.29, 0.717) is 5.92 Å². The smallest absolute Gasteiger partial charge is 0.161 e. The van der Waals surface area contributed by atoms with Gasteiger partial charge in [0.1, 0.15) is 0 Å². The number of hydrogen-bond acceptors (Lipinski definition) is 5. The van der Waals surface area contributed by atoms with Gasteiger partial charge in [0, 0.05) is 12.0 Å². The molecule has 1 aliphatic carbocycles. The van der Waals surface area contributed by atoms with E-state index in [2.05, 4.69) is 29.6 Å². The minimum absolute atomic E-state index is 0. The van der Waals surface area contributed by atoms with E-state index in [9.17, 15) is 0 Å². The number of aryl methyl sites for hydroxylation is 1. The van der Waals surface area contributed by atoms with Gasteiger partial charge in [0.15, 0.2) is 23.0 Å². The fourth-order valence-corrected chi connectivity index (χ4v) is 3.94. The van der Waals surface area contributed by atoms with Gasteiger partial charge >= 0.3 is 0 Å². The second-order valence-electron chi connectivity index (χ2n) is 6.43. The zero-order valence-corrected chi connectivity index (χ0v) is 17.3. The molecule has 0 fully saturated rings. The Labute approximate surface area is 167 Å². The van der Waals surface area contributed by atoms with Crippen molar-refractivity contribution in [3.63, 3.8) is 0 Å². The van der Waals surface area contributed by atoms with Crippen LogP contribution in [0.4, 0.5) is 0 Å². The topological polar surface area (TPSA) is 49.0 Å². The Kier molecular flexibility index (Phi) is 7.22. The highest BCUT2D eigenvalue weighted by molar-refractivity contribution is 5.85. The molecule has 0 unspecified atom stereocenters. The lowest BCUT2D eigenvalue weighted by molar-refractivity contribution is 0.348. The first-order chi connectivity index (χ1) is 12.7. The van der Waals surface area contributed by atoms with Gasteiger partial charge < -0.3 is 24.3 Å². The Hall–Kier alpha value is -2.11. The average molecular weight is 394 g/mol. The van der Waals surface area contributed by atoms with Crippen molar-refractivity contribution in [3.05, 3.63) is 47.0 Å². The molecule has 0 bridgehead atoms. The zero-order valence-electron chi connectivity index (χ0n) is 16.5. The number of benzene rings is 2. The maximum absolute atomic E-state index is 5.51. The van der Waals surface area contributed by atoms with Crippen LogP contribution >= 0.6 is 12.4 Å². The lowest BCUT2D eigenvalue weighted by atomic mass is 9.76.